The molecule has 0 aromatic carbocycles. The van der Waals surface area contributed by atoms with E-state index in [-0.39, 0.29) is 11.3 Å². The van der Waals surface area contributed by atoms with E-state index in [4.69, 9.17) is 0 Å². The summed E-state index contributed by atoms with van der Waals surface area (Å²) >= 11 is 1.58. The van der Waals surface area contributed by atoms with Gasteiger partial charge in [-0.25, -0.2) is 0 Å². The van der Waals surface area contributed by atoms with Gasteiger partial charge in [-0.2, -0.15) is 0 Å². The maximum Gasteiger partial charge on any atom is 0.176 e. The molecular weight excluding hydrogens is 204 g/mol. The summed E-state index contributed by atoms with van der Waals surface area (Å²) in [5, 5.41) is 1.99. The van der Waals surface area contributed by atoms with Crippen molar-refractivity contribution in [2.24, 2.45) is 11.3 Å². The molecule has 1 fully saturated rings. The highest BCUT2D eigenvalue weighted by Gasteiger charge is 2.37. The number of ketones is 1. The van der Waals surface area contributed by atoms with Gasteiger partial charge in [0.2, 0.25) is 0 Å². The number of carbonyl (C=O) groups is 1. The fraction of sp³-hybridized carbons (Fsp3) is 0.615. The molecule has 1 aliphatic carbocycles. The van der Waals surface area contributed by atoms with E-state index < -0.39 is 0 Å². The van der Waals surface area contributed by atoms with Crippen LogP contribution < -0.4 is 0 Å². The second-order valence-corrected chi connectivity index (χ2v) is 6.08. The zero-order chi connectivity index (χ0) is 10.9. The molecule has 82 valence electrons. The van der Waals surface area contributed by atoms with E-state index >= 15 is 0 Å². The second kappa shape index (κ2) is 4.09. The first-order valence-corrected chi connectivity index (χ1v) is 6.57. The third kappa shape index (κ3) is 2.15. The van der Waals surface area contributed by atoms with Crippen LogP contribution in [0, 0.1) is 11.3 Å². The van der Waals surface area contributed by atoms with Crippen LogP contribution in [0.4, 0.5) is 0 Å². The largest absolute Gasteiger partial charge is 0.293 e. The molecule has 0 bridgehead atoms. The number of hydrogen-bond acceptors (Lipinski definition) is 2. The van der Waals surface area contributed by atoms with Crippen molar-refractivity contribution in [3.05, 3.63) is 22.4 Å². The predicted molar refractivity (Wildman–Crippen MR) is 64.4 cm³/mol. The maximum atomic E-state index is 12.3. The van der Waals surface area contributed by atoms with Gasteiger partial charge in [-0.3, -0.25) is 4.79 Å². The van der Waals surface area contributed by atoms with Gasteiger partial charge in [0.1, 0.15) is 0 Å². The van der Waals surface area contributed by atoms with Crippen molar-refractivity contribution in [3.8, 4) is 0 Å². The lowest BCUT2D eigenvalue weighted by atomic mass is 9.67. The smallest absolute Gasteiger partial charge is 0.176 e. The molecule has 0 spiro atoms. The molecule has 0 radical (unpaired) electrons. The summed E-state index contributed by atoms with van der Waals surface area (Å²) in [6.45, 7) is 4.48. The van der Waals surface area contributed by atoms with Crippen LogP contribution in [-0.2, 0) is 0 Å². The standard InChI is InChI=1S/C13H18OS/c1-13(2)8-4-3-6-10(13)12(14)11-7-5-9-15-11/h5,7,9-10H,3-4,6,8H2,1-2H3. The molecule has 0 N–H and O–H groups in total. The summed E-state index contributed by atoms with van der Waals surface area (Å²) in [5.41, 5.74) is 0.194. The Kier molecular flexibility index (Phi) is 2.96. The number of hydrogen-bond donors (Lipinski definition) is 0. The molecule has 15 heavy (non-hydrogen) atoms. The number of Topliss-reactive ketones (excluding diaryl/α,β-unsaturated/α-hetero) is 1. The predicted octanol–water partition coefficient (Wildman–Crippen LogP) is 4.15. The van der Waals surface area contributed by atoms with E-state index in [1.54, 1.807) is 11.3 Å². The zero-order valence-corrected chi connectivity index (χ0v) is 10.3. The van der Waals surface area contributed by atoms with Gasteiger partial charge in [0.25, 0.3) is 0 Å². The Morgan fingerprint density at radius 2 is 2.27 bits per heavy atom. The summed E-state index contributed by atoms with van der Waals surface area (Å²) < 4.78 is 0. The van der Waals surface area contributed by atoms with Gasteiger partial charge in [-0.15, -0.1) is 11.3 Å². The lowest BCUT2D eigenvalue weighted by molar-refractivity contribution is 0.0702. The summed E-state index contributed by atoms with van der Waals surface area (Å²) in [5.74, 6) is 0.611. The Balaban J connectivity index is 2.19. The van der Waals surface area contributed by atoms with Crippen LogP contribution in [0.15, 0.2) is 17.5 Å². The first kappa shape index (κ1) is 10.9. The summed E-state index contributed by atoms with van der Waals surface area (Å²) in [4.78, 5) is 13.2. The molecule has 1 heterocycles. The molecule has 0 aliphatic heterocycles. The highest BCUT2D eigenvalue weighted by atomic mass is 32.1. The van der Waals surface area contributed by atoms with Crippen LogP contribution in [0.2, 0.25) is 0 Å². The molecule has 1 unspecified atom stereocenters. The van der Waals surface area contributed by atoms with E-state index in [0.29, 0.717) is 5.78 Å². The van der Waals surface area contributed by atoms with E-state index in [2.05, 4.69) is 13.8 Å². The molecule has 0 saturated heterocycles. The molecule has 2 rings (SSSR count). The summed E-state index contributed by atoms with van der Waals surface area (Å²) in [6, 6.07) is 3.92. The number of carbonyl (C=O) groups excluding carboxylic acids is 1. The van der Waals surface area contributed by atoms with Crippen LogP contribution in [0.5, 0.6) is 0 Å². The average Bonchev–Trinajstić information content (AvgIpc) is 2.69. The Labute approximate surface area is 95.5 Å². The molecular formula is C13H18OS. The van der Waals surface area contributed by atoms with E-state index in [9.17, 15) is 4.79 Å². The molecule has 2 heteroatoms. The van der Waals surface area contributed by atoms with Crippen LogP contribution in [0.25, 0.3) is 0 Å². The van der Waals surface area contributed by atoms with Gasteiger partial charge < -0.3 is 0 Å². The lowest BCUT2D eigenvalue weighted by Gasteiger charge is -2.37. The molecule has 1 aromatic rings. The molecule has 1 nitrogen and oxygen atoms in total. The van der Waals surface area contributed by atoms with Crippen molar-refractivity contribution in [1.82, 2.24) is 0 Å². The third-order valence-electron chi connectivity index (χ3n) is 3.59. The Bertz CT molecular complexity index is 337. The molecule has 1 atom stereocenters. The highest BCUT2D eigenvalue weighted by Crippen LogP contribution is 2.42. The SMILES string of the molecule is CC1(C)CCCCC1C(=O)c1cccs1. The average molecular weight is 222 g/mol. The molecule has 1 aliphatic rings. The van der Waals surface area contributed by atoms with Crippen LogP contribution in [-0.4, -0.2) is 5.78 Å². The van der Waals surface area contributed by atoms with Gasteiger partial charge in [-0.1, -0.05) is 32.8 Å². The Hall–Kier alpha value is -0.630. The van der Waals surface area contributed by atoms with E-state index in [1.807, 2.05) is 17.5 Å². The van der Waals surface area contributed by atoms with Gasteiger partial charge >= 0.3 is 0 Å². The second-order valence-electron chi connectivity index (χ2n) is 5.13. The van der Waals surface area contributed by atoms with Gasteiger partial charge in [0, 0.05) is 5.92 Å². The summed E-state index contributed by atoms with van der Waals surface area (Å²) in [7, 11) is 0. The minimum Gasteiger partial charge on any atom is -0.293 e. The zero-order valence-electron chi connectivity index (χ0n) is 9.45. The van der Waals surface area contributed by atoms with Crippen molar-refractivity contribution < 1.29 is 4.79 Å². The first-order valence-electron chi connectivity index (χ1n) is 5.69. The quantitative estimate of drug-likeness (QED) is 0.687. The monoisotopic (exact) mass is 222 g/mol. The van der Waals surface area contributed by atoms with E-state index in [1.165, 1.54) is 19.3 Å². The Morgan fingerprint density at radius 1 is 1.47 bits per heavy atom. The maximum absolute atomic E-state index is 12.3. The van der Waals surface area contributed by atoms with Gasteiger partial charge in [0.15, 0.2) is 5.78 Å². The molecule has 0 amide bonds. The van der Waals surface area contributed by atoms with Crippen molar-refractivity contribution in [2.45, 2.75) is 39.5 Å². The van der Waals surface area contributed by atoms with Crippen molar-refractivity contribution >= 4 is 17.1 Å². The van der Waals surface area contributed by atoms with E-state index in [0.717, 1.165) is 11.3 Å². The Morgan fingerprint density at radius 3 is 2.87 bits per heavy atom. The van der Waals surface area contributed by atoms with Crippen LogP contribution in [0.1, 0.15) is 49.2 Å². The van der Waals surface area contributed by atoms with Crippen LogP contribution in [0.3, 0.4) is 0 Å². The normalized spacial score (nSPS) is 25.1. The van der Waals surface area contributed by atoms with Crippen molar-refractivity contribution in [2.75, 3.05) is 0 Å². The lowest BCUT2D eigenvalue weighted by Crippen LogP contribution is -2.33. The highest BCUT2D eigenvalue weighted by molar-refractivity contribution is 7.12. The van der Waals surface area contributed by atoms with Crippen LogP contribution >= 0.6 is 11.3 Å². The van der Waals surface area contributed by atoms with Gasteiger partial charge in [-0.05, 0) is 29.7 Å². The third-order valence-corrected chi connectivity index (χ3v) is 4.47. The van der Waals surface area contributed by atoms with Crippen molar-refractivity contribution in [1.29, 1.82) is 0 Å². The summed E-state index contributed by atoms with van der Waals surface area (Å²) in [6.07, 6.45) is 4.75. The minimum absolute atomic E-state index is 0.194. The number of rotatable bonds is 2. The topological polar surface area (TPSA) is 17.1 Å². The fourth-order valence-electron chi connectivity index (χ4n) is 2.57. The minimum atomic E-state index is 0.194. The first-order chi connectivity index (χ1) is 7.11. The fourth-order valence-corrected chi connectivity index (χ4v) is 3.29. The molecule has 1 saturated carbocycles. The van der Waals surface area contributed by atoms with Gasteiger partial charge in [0.05, 0.1) is 4.88 Å². The number of thiophene rings is 1. The van der Waals surface area contributed by atoms with Crippen molar-refractivity contribution in [3.63, 3.8) is 0 Å². The molecule has 1 aromatic heterocycles.